The second-order valence-electron chi connectivity index (χ2n) is 16.2. The van der Waals surface area contributed by atoms with Crippen molar-refractivity contribution in [3.8, 4) is 16.3 Å². The van der Waals surface area contributed by atoms with Gasteiger partial charge in [-0.3, -0.25) is 28.9 Å². The van der Waals surface area contributed by atoms with Gasteiger partial charge in [-0.05, 0) is 85.9 Å². The average molecular weight is 890 g/mol. The highest BCUT2D eigenvalue weighted by molar-refractivity contribution is 7.22. The zero-order valence-corrected chi connectivity index (χ0v) is 35.5. The number of halogens is 5. The second kappa shape index (κ2) is 14.3. The number of allylic oxidation sites excluding steroid dienone is 3. The molecule has 61 heavy (non-hydrogen) atoms. The van der Waals surface area contributed by atoms with E-state index in [-0.39, 0.29) is 29.4 Å². The summed E-state index contributed by atoms with van der Waals surface area (Å²) in [4.78, 5) is 64.8. The first-order valence-corrected chi connectivity index (χ1v) is 21.0. The number of hydrogen-bond acceptors (Lipinski definition) is 9. The van der Waals surface area contributed by atoms with Gasteiger partial charge >= 0.3 is 6.18 Å². The summed E-state index contributed by atoms with van der Waals surface area (Å²) in [6.45, 7) is 7.49. The summed E-state index contributed by atoms with van der Waals surface area (Å²) in [6.07, 6.45) is -1.02. The monoisotopic (exact) mass is 888 g/mol. The molecule has 11 nitrogen and oxygen atoms in total. The van der Waals surface area contributed by atoms with E-state index < -0.39 is 76.3 Å². The van der Waals surface area contributed by atoms with Crippen LogP contribution in [-0.2, 0) is 38.8 Å². The molecule has 2 saturated heterocycles. The van der Waals surface area contributed by atoms with Crippen molar-refractivity contribution in [3.63, 3.8) is 0 Å². The highest BCUT2D eigenvalue weighted by Gasteiger charge is 2.68. The van der Waals surface area contributed by atoms with Crippen LogP contribution in [0.15, 0.2) is 78.9 Å². The van der Waals surface area contributed by atoms with Gasteiger partial charge in [0.15, 0.2) is 5.82 Å². The molecule has 0 bridgehead atoms. The molecule has 314 valence electrons. The number of rotatable bonds is 7. The van der Waals surface area contributed by atoms with Crippen LogP contribution in [0, 0.1) is 36.0 Å². The number of aryl methyl sites for hydroxylation is 2. The van der Waals surface area contributed by atoms with Crippen LogP contribution in [0.5, 0.6) is 5.75 Å². The lowest BCUT2D eigenvalue weighted by Crippen LogP contribution is -2.49. The van der Waals surface area contributed by atoms with Crippen LogP contribution in [0.2, 0.25) is 10.0 Å². The Labute approximate surface area is 361 Å². The Bertz CT molecular complexity index is 2800. The maximum absolute atomic E-state index is 15.3. The van der Waals surface area contributed by atoms with E-state index in [9.17, 15) is 27.9 Å². The van der Waals surface area contributed by atoms with Crippen molar-refractivity contribution in [3.05, 3.63) is 111 Å². The number of anilines is 2. The summed E-state index contributed by atoms with van der Waals surface area (Å²) >= 11 is 14.1. The van der Waals surface area contributed by atoms with Crippen LogP contribution in [0.1, 0.15) is 48.1 Å². The molecular weight excluding hydrogens is 852 g/mol. The fourth-order valence-electron chi connectivity index (χ4n) is 10.1. The number of benzene rings is 2. The van der Waals surface area contributed by atoms with Crippen LogP contribution in [0.4, 0.5) is 24.8 Å². The first-order chi connectivity index (χ1) is 28.9. The molecule has 2 aromatic carbocycles. The van der Waals surface area contributed by atoms with Crippen molar-refractivity contribution in [2.75, 3.05) is 17.0 Å². The third-order valence-electron chi connectivity index (χ3n) is 13.0. The minimum Gasteiger partial charge on any atom is -0.507 e. The number of amides is 4. The summed E-state index contributed by atoms with van der Waals surface area (Å²) < 4.78 is 43.7. The largest absolute Gasteiger partial charge is 0.507 e. The maximum atomic E-state index is 15.3. The smallest absolute Gasteiger partial charge is 0.433 e. The molecule has 2 aliphatic heterocycles. The maximum Gasteiger partial charge on any atom is 0.433 e. The zero-order valence-electron chi connectivity index (χ0n) is 33.1. The number of imide groups is 2. The van der Waals surface area contributed by atoms with Crippen LogP contribution in [-0.4, -0.2) is 55.6 Å². The van der Waals surface area contributed by atoms with Crippen molar-refractivity contribution in [1.29, 1.82) is 0 Å². The molecule has 3 fully saturated rings. The number of alkyl halides is 3. The number of aromatic nitrogens is 3. The van der Waals surface area contributed by atoms with Crippen LogP contribution in [0.3, 0.4) is 0 Å². The van der Waals surface area contributed by atoms with E-state index in [1.54, 1.807) is 44.3 Å². The average Bonchev–Trinajstić information content (AvgIpc) is 3.88. The molecule has 1 N–H and O–H groups in total. The molecular formula is C44H37Cl2F3N6O5S. The van der Waals surface area contributed by atoms with Crippen molar-refractivity contribution in [1.82, 2.24) is 19.8 Å². The number of pyridine rings is 1. The number of nitrogens with zero attached hydrogens (tertiary/aromatic N) is 6. The molecule has 0 radical (unpaired) electrons. The van der Waals surface area contributed by atoms with Crippen molar-refractivity contribution in [2.45, 2.75) is 45.2 Å². The van der Waals surface area contributed by atoms with E-state index in [1.807, 2.05) is 31.2 Å². The number of hydrogen-bond donors (Lipinski definition) is 1. The van der Waals surface area contributed by atoms with Gasteiger partial charge in [-0.1, -0.05) is 59.1 Å². The molecule has 0 spiro atoms. The third-order valence-corrected chi connectivity index (χ3v) is 14.8. The summed E-state index contributed by atoms with van der Waals surface area (Å²) in [5, 5.41) is 19.7. The normalized spacial score (nSPS) is 24.9. The van der Waals surface area contributed by atoms with Gasteiger partial charge in [0.2, 0.25) is 11.8 Å². The predicted molar refractivity (Wildman–Crippen MR) is 225 cm³/mol. The van der Waals surface area contributed by atoms with Gasteiger partial charge in [-0.15, -0.1) is 17.9 Å². The van der Waals surface area contributed by atoms with Gasteiger partial charge in [-0.25, -0.2) is 9.88 Å². The fraction of sp³-hybridized carbons (Fsp3) is 0.318. The topological polar surface area (TPSA) is 129 Å². The Morgan fingerprint density at radius 1 is 1.05 bits per heavy atom. The van der Waals surface area contributed by atoms with Gasteiger partial charge < -0.3 is 5.11 Å². The van der Waals surface area contributed by atoms with Crippen molar-refractivity contribution >= 4 is 79.9 Å². The van der Waals surface area contributed by atoms with Crippen LogP contribution >= 0.6 is 34.5 Å². The number of thiophene rings is 1. The predicted octanol–water partition coefficient (Wildman–Crippen LogP) is 9.05. The highest BCUT2D eigenvalue weighted by Crippen LogP contribution is 2.65. The minimum absolute atomic E-state index is 0.00574. The van der Waals surface area contributed by atoms with Gasteiger partial charge in [-0.2, -0.15) is 23.3 Å². The Balaban J connectivity index is 1.14. The lowest BCUT2D eigenvalue weighted by Gasteiger charge is -2.49. The number of fused-ring (bicyclic) bond motifs is 5. The van der Waals surface area contributed by atoms with Gasteiger partial charge in [0.1, 0.15) is 23.0 Å². The van der Waals surface area contributed by atoms with Gasteiger partial charge in [0.05, 0.1) is 33.1 Å². The number of hydrazine groups is 1. The summed E-state index contributed by atoms with van der Waals surface area (Å²) in [6, 6.07) is 14.2. The SMILES string of the molecule is C=CCc1cccc(C2C3=CCC4C(=O)N(N(C)c5nc(C(F)(F)F)ccc5Cl)C(=O)C4C3CC3C(=O)N(c4cc(-c5sc6ccc(Cl)cc6c5C)nn4C)C(=O)C32C)c1O. The number of para-hydroxylation sites is 1. The minimum atomic E-state index is -4.83. The van der Waals surface area contributed by atoms with E-state index in [2.05, 4.69) is 11.6 Å². The first-order valence-electron chi connectivity index (χ1n) is 19.5. The highest BCUT2D eigenvalue weighted by atomic mass is 35.5. The number of aromatic hydroxyl groups is 1. The van der Waals surface area contributed by atoms with E-state index in [0.717, 1.165) is 41.5 Å². The lowest BCUT2D eigenvalue weighted by atomic mass is 9.51. The molecule has 5 aromatic rings. The Hall–Kier alpha value is -5.51. The Morgan fingerprint density at radius 2 is 1.80 bits per heavy atom. The van der Waals surface area contributed by atoms with Gasteiger partial charge in [0, 0.05) is 41.4 Å². The third kappa shape index (κ3) is 5.98. The van der Waals surface area contributed by atoms with E-state index in [4.69, 9.17) is 28.3 Å². The fourth-order valence-corrected chi connectivity index (χ4v) is 11.7. The van der Waals surface area contributed by atoms with Crippen molar-refractivity contribution in [2.24, 2.45) is 36.1 Å². The van der Waals surface area contributed by atoms with Crippen molar-refractivity contribution < 1.29 is 37.5 Å². The lowest BCUT2D eigenvalue weighted by molar-refractivity contribution is -0.141. The molecule has 2 aliphatic carbocycles. The number of carbonyl (C=O) groups is 4. The second-order valence-corrected chi connectivity index (χ2v) is 18.1. The molecule has 4 amide bonds. The molecule has 1 saturated carbocycles. The van der Waals surface area contributed by atoms with E-state index in [1.165, 1.54) is 23.1 Å². The molecule has 6 unspecified atom stereocenters. The number of carbonyl (C=O) groups excluding carboxylic acids is 4. The quantitative estimate of drug-likeness (QED) is 0.127. The molecule has 17 heteroatoms. The molecule has 4 aliphatic rings. The summed E-state index contributed by atoms with van der Waals surface area (Å²) in [5.74, 6) is -7.46. The van der Waals surface area contributed by atoms with E-state index >= 15 is 9.59 Å². The first kappa shape index (κ1) is 40.9. The Morgan fingerprint density at radius 3 is 2.52 bits per heavy atom. The summed E-state index contributed by atoms with van der Waals surface area (Å²) in [7, 11) is 2.89. The summed E-state index contributed by atoms with van der Waals surface area (Å²) in [5.41, 5.74) is 0.273. The standard InChI is InChI=1S/C44H37Cl2F3N6O5S/c1-6-8-21-9-7-10-25(36(21)56)35-23-12-13-24-34(41(59)55(39(24)57)53(5)38-29(46)14-16-32(50-38)44(47,48)49)27(23)18-28-40(58)54(42(60)43(28,35)3)33-19-30(51-52(33)4)37-20(2)26-17-22(45)11-15-31(26)61-37/h6-7,9-12,14-17,19,24,27-28,34-35,56H,1,8,13,18H2,2-5H3. The molecule has 5 heterocycles. The van der Waals surface area contributed by atoms with E-state index in [0.29, 0.717) is 39.9 Å². The van der Waals surface area contributed by atoms with Crippen LogP contribution < -0.4 is 9.91 Å². The zero-order chi connectivity index (χ0) is 43.6. The van der Waals surface area contributed by atoms with Crippen LogP contribution in [0.25, 0.3) is 20.7 Å². The number of phenols is 1. The molecule has 6 atom stereocenters. The number of phenolic OH excluding ortho intramolecular Hbond substituents is 1. The molecule has 9 rings (SSSR count). The molecule has 3 aromatic heterocycles. The van der Waals surface area contributed by atoms with Gasteiger partial charge in [0.25, 0.3) is 11.8 Å². The Kier molecular flexibility index (Phi) is 9.57.